The van der Waals surface area contributed by atoms with Gasteiger partial charge in [-0.25, -0.2) is 4.98 Å². The van der Waals surface area contributed by atoms with Gasteiger partial charge in [0.25, 0.3) is 5.88 Å². The summed E-state index contributed by atoms with van der Waals surface area (Å²) < 4.78 is 5.80. The van der Waals surface area contributed by atoms with Crippen LogP contribution >= 0.6 is 50.7 Å². The second-order valence-corrected chi connectivity index (χ2v) is 5.67. The van der Waals surface area contributed by atoms with Gasteiger partial charge in [-0.1, -0.05) is 34.8 Å². The third-order valence-electron chi connectivity index (χ3n) is 2.18. The van der Waals surface area contributed by atoms with Crippen molar-refractivity contribution in [3.05, 3.63) is 54.1 Å². The summed E-state index contributed by atoms with van der Waals surface area (Å²) in [5.41, 5.74) is -0.304. The van der Waals surface area contributed by atoms with Crippen LogP contribution in [-0.2, 0) is 0 Å². The Morgan fingerprint density at radius 3 is 2.45 bits per heavy atom. The minimum atomic E-state index is -0.613. The fraction of sp³-hybridized carbons (Fsp3) is 0. The normalized spacial score (nSPS) is 10.4. The molecule has 0 atom stereocenters. The first-order chi connectivity index (χ1) is 9.38. The van der Waals surface area contributed by atoms with Gasteiger partial charge in [-0.2, -0.15) is 0 Å². The minimum absolute atomic E-state index is 0.124. The maximum absolute atomic E-state index is 11.0. The average molecular weight is 398 g/mol. The molecule has 0 bridgehead atoms. The van der Waals surface area contributed by atoms with Crippen molar-refractivity contribution < 1.29 is 9.66 Å². The van der Waals surface area contributed by atoms with E-state index in [-0.39, 0.29) is 32.4 Å². The van der Waals surface area contributed by atoms with Gasteiger partial charge >= 0.3 is 5.69 Å². The third-order valence-corrected chi connectivity index (χ3v) is 3.63. The maximum Gasteiger partial charge on any atom is 0.332 e. The predicted octanol–water partition coefficient (Wildman–Crippen LogP) is 5.50. The molecule has 2 rings (SSSR count). The van der Waals surface area contributed by atoms with Gasteiger partial charge in [0.2, 0.25) is 0 Å². The highest BCUT2D eigenvalue weighted by molar-refractivity contribution is 9.10. The Hall–Kier alpha value is -1.08. The predicted molar refractivity (Wildman–Crippen MR) is 80.1 cm³/mol. The highest BCUT2D eigenvalue weighted by atomic mass is 79.9. The molecule has 0 aliphatic carbocycles. The first-order valence-corrected chi connectivity index (χ1v) is 6.93. The van der Waals surface area contributed by atoms with Gasteiger partial charge in [-0.15, -0.1) is 0 Å². The number of rotatable bonds is 3. The molecule has 1 aromatic heterocycles. The van der Waals surface area contributed by atoms with Crippen molar-refractivity contribution in [2.75, 3.05) is 0 Å². The van der Waals surface area contributed by atoms with E-state index >= 15 is 0 Å². The highest BCUT2D eigenvalue weighted by Gasteiger charge is 2.19. The summed E-state index contributed by atoms with van der Waals surface area (Å²) in [6.07, 6.45) is 1.37. The van der Waals surface area contributed by atoms with E-state index in [2.05, 4.69) is 20.9 Å². The molecule has 0 aliphatic rings. The van der Waals surface area contributed by atoms with Gasteiger partial charge in [-0.3, -0.25) is 10.1 Å². The fourth-order valence-corrected chi connectivity index (χ4v) is 2.21. The Balaban J connectivity index is 2.45. The van der Waals surface area contributed by atoms with Crippen LogP contribution in [0, 0.1) is 10.1 Å². The molecule has 0 unspecified atom stereocenters. The molecule has 2 aromatic rings. The molecule has 0 fully saturated rings. The van der Waals surface area contributed by atoms with E-state index in [0.29, 0.717) is 4.47 Å². The lowest BCUT2D eigenvalue weighted by atomic mass is 10.3. The fourth-order valence-electron chi connectivity index (χ4n) is 1.31. The summed E-state index contributed by atoms with van der Waals surface area (Å²) >= 11 is 20.7. The lowest BCUT2D eigenvalue weighted by Crippen LogP contribution is -1.96. The Morgan fingerprint density at radius 1 is 1.15 bits per heavy atom. The van der Waals surface area contributed by atoms with Crippen LogP contribution in [0.25, 0.3) is 0 Å². The zero-order chi connectivity index (χ0) is 14.9. The lowest BCUT2D eigenvalue weighted by molar-refractivity contribution is -0.386. The van der Waals surface area contributed by atoms with E-state index in [9.17, 15) is 10.1 Å². The van der Waals surface area contributed by atoms with Gasteiger partial charge in [-0.05, 0) is 22.0 Å². The van der Waals surface area contributed by atoms with E-state index in [1.54, 1.807) is 0 Å². The zero-order valence-electron chi connectivity index (χ0n) is 9.44. The van der Waals surface area contributed by atoms with E-state index in [1.807, 2.05) is 0 Å². The molecular weight excluding hydrogens is 394 g/mol. The number of pyridine rings is 1. The number of hydrogen-bond donors (Lipinski definition) is 0. The average Bonchev–Trinajstić information content (AvgIpc) is 2.37. The maximum atomic E-state index is 11.0. The van der Waals surface area contributed by atoms with Crippen LogP contribution < -0.4 is 4.74 Å². The van der Waals surface area contributed by atoms with Gasteiger partial charge in [0, 0.05) is 22.8 Å². The summed E-state index contributed by atoms with van der Waals surface area (Å²) in [4.78, 5) is 14.2. The van der Waals surface area contributed by atoms with Crippen LogP contribution in [0.1, 0.15) is 0 Å². The van der Waals surface area contributed by atoms with Gasteiger partial charge in [0.1, 0.15) is 5.75 Å². The molecule has 0 radical (unpaired) electrons. The standard InChI is InChI=1S/C11H4BrCl3N2O3/c12-5-1-9(17(18)19)11(16-4-5)20-10-3-7(14)6(13)2-8(10)15/h1-4H. The molecule has 0 saturated heterocycles. The minimum Gasteiger partial charge on any atom is -0.432 e. The van der Waals surface area contributed by atoms with Crippen molar-refractivity contribution in [2.45, 2.75) is 0 Å². The number of hydrogen-bond acceptors (Lipinski definition) is 4. The quantitative estimate of drug-likeness (QED) is 0.389. The Morgan fingerprint density at radius 2 is 1.80 bits per heavy atom. The molecule has 0 N–H and O–H groups in total. The molecule has 9 heteroatoms. The number of ether oxygens (including phenoxy) is 1. The van der Waals surface area contributed by atoms with Crippen molar-refractivity contribution in [3.63, 3.8) is 0 Å². The van der Waals surface area contributed by atoms with Gasteiger partial charge < -0.3 is 4.74 Å². The summed E-state index contributed by atoms with van der Waals surface area (Å²) in [6, 6.07) is 4.01. The van der Waals surface area contributed by atoms with E-state index < -0.39 is 4.92 Å². The first-order valence-electron chi connectivity index (χ1n) is 5.01. The van der Waals surface area contributed by atoms with Crippen LogP contribution in [0.2, 0.25) is 15.1 Å². The third kappa shape index (κ3) is 3.32. The summed E-state index contributed by atoms with van der Waals surface area (Å²) in [6.45, 7) is 0. The highest BCUT2D eigenvalue weighted by Crippen LogP contribution is 2.38. The number of aromatic nitrogens is 1. The zero-order valence-corrected chi connectivity index (χ0v) is 13.3. The Bertz CT molecular complexity index is 697. The molecule has 0 aliphatic heterocycles. The summed E-state index contributed by atoms with van der Waals surface area (Å²) in [5.74, 6) is -0.0718. The van der Waals surface area contributed by atoms with Gasteiger partial charge in [0.05, 0.1) is 20.0 Å². The second kappa shape index (κ2) is 6.13. The monoisotopic (exact) mass is 396 g/mol. The Kier molecular flexibility index (Phi) is 4.70. The number of nitrogens with zero attached hydrogens (tertiary/aromatic N) is 2. The topological polar surface area (TPSA) is 65.3 Å². The van der Waals surface area contributed by atoms with Crippen LogP contribution in [0.15, 0.2) is 28.9 Å². The van der Waals surface area contributed by atoms with E-state index in [0.717, 1.165) is 0 Å². The van der Waals surface area contributed by atoms with E-state index in [1.165, 1.54) is 24.4 Å². The van der Waals surface area contributed by atoms with Crippen molar-refractivity contribution in [1.82, 2.24) is 4.98 Å². The summed E-state index contributed by atoms with van der Waals surface area (Å²) in [5, 5.41) is 11.6. The van der Waals surface area contributed by atoms with Gasteiger partial charge in [0.15, 0.2) is 0 Å². The van der Waals surface area contributed by atoms with Crippen molar-refractivity contribution in [1.29, 1.82) is 0 Å². The molecule has 104 valence electrons. The molecule has 1 aromatic carbocycles. The van der Waals surface area contributed by atoms with Crippen LogP contribution in [-0.4, -0.2) is 9.91 Å². The molecule has 20 heavy (non-hydrogen) atoms. The number of benzene rings is 1. The SMILES string of the molecule is O=[N+]([O-])c1cc(Br)cnc1Oc1cc(Cl)c(Cl)cc1Cl. The van der Waals surface area contributed by atoms with Crippen molar-refractivity contribution in [2.24, 2.45) is 0 Å². The van der Waals surface area contributed by atoms with Crippen molar-refractivity contribution >= 4 is 56.4 Å². The molecule has 1 heterocycles. The molecule has 5 nitrogen and oxygen atoms in total. The second-order valence-electron chi connectivity index (χ2n) is 3.53. The smallest absolute Gasteiger partial charge is 0.332 e. The van der Waals surface area contributed by atoms with Crippen molar-refractivity contribution in [3.8, 4) is 11.6 Å². The van der Waals surface area contributed by atoms with Crippen LogP contribution in [0.4, 0.5) is 5.69 Å². The summed E-state index contributed by atoms with van der Waals surface area (Å²) in [7, 11) is 0. The van der Waals surface area contributed by atoms with E-state index in [4.69, 9.17) is 39.5 Å². The molecule has 0 spiro atoms. The molecular formula is C11H4BrCl3N2O3. The molecule has 0 saturated carbocycles. The van der Waals surface area contributed by atoms with Crippen LogP contribution in [0.3, 0.4) is 0 Å². The number of nitro groups is 1. The molecule has 0 amide bonds. The Labute approximate surface area is 136 Å². The number of halogens is 4. The van der Waals surface area contributed by atoms with Crippen LogP contribution in [0.5, 0.6) is 11.6 Å². The lowest BCUT2D eigenvalue weighted by Gasteiger charge is -2.08. The first kappa shape index (κ1) is 15.3. The largest absolute Gasteiger partial charge is 0.432 e.